The molecule has 206 valence electrons. The van der Waals surface area contributed by atoms with Crippen LogP contribution in [0.2, 0.25) is 0 Å². The number of rotatable bonds is 9. The lowest BCUT2D eigenvalue weighted by Gasteiger charge is -2.26. The summed E-state index contributed by atoms with van der Waals surface area (Å²) in [5.41, 5.74) is 0. The summed E-state index contributed by atoms with van der Waals surface area (Å²) < 4.78 is 12.5. The monoisotopic (exact) mass is 502 g/mol. The maximum Gasteiger partial charge on any atom is 0.285 e. The Morgan fingerprint density at radius 3 is 1.17 bits per heavy atom. The summed E-state index contributed by atoms with van der Waals surface area (Å²) in [5.74, 6) is 0. The van der Waals surface area contributed by atoms with Crippen LogP contribution in [0.3, 0.4) is 0 Å². The van der Waals surface area contributed by atoms with E-state index in [1.807, 2.05) is 0 Å². The molecule has 0 saturated heterocycles. The van der Waals surface area contributed by atoms with Gasteiger partial charge in [-0.25, -0.2) is 9.98 Å². The van der Waals surface area contributed by atoms with Crippen molar-refractivity contribution in [3.63, 3.8) is 0 Å². The Labute approximate surface area is 220 Å². The fourth-order valence-corrected chi connectivity index (χ4v) is 6.37. The summed E-state index contributed by atoms with van der Waals surface area (Å²) in [5, 5.41) is 7.34. The zero-order valence-electron chi connectivity index (χ0n) is 23.0. The molecular weight excluding hydrogens is 448 g/mol. The van der Waals surface area contributed by atoms with Crippen molar-refractivity contribution in [2.75, 3.05) is 13.2 Å². The molecule has 0 unspecified atom stereocenters. The van der Waals surface area contributed by atoms with Gasteiger partial charge in [0.1, 0.15) is 0 Å². The highest BCUT2D eigenvalue weighted by atomic mass is 16.5. The normalized spacial score (nSPS) is 24.4. The van der Waals surface area contributed by atoms with Crippen LogP contribution in [0.25, 0.3) is 0 Å². The van der Waals surface area contributed by atoms with Gasteiger partial charge in [-0.3, -0.25) is 0 Å². The van der Waals surface area contributed by atoms with Gasteiger partial charge < -0.3 is 20.1 Å². The molecule has 0 aromatic rings. The number of aliphatic imine (C=N–C) groups is 2. The molecule has 6 nitrogen and oxygen atoms in total. The Balaban J connectivity index is 1.20. The molecule has 2 N–H and O–H groups in total. The van der Waals surface area contributed by atoms with Gasteiger partial charge >= 0.3 is 0 Å². The lowest BCUT2D eigenvalue weighted by atomic mass is 9.95. The Morgan fingerprint density at radius 1 is 0.472 bits per heavy atom. The highest BCUT2D eigenvalue weighted by Gasteiger charge is 2.20. The van der Waals surface area contributed by atoms with E-state index in [1.165, 1.54) is 128 Å². The number of amidine groups is 2. The average molecular weight is 503 g/mol. The van der Waals surface area contributed by atoms with E-state index in [-0.39, 0.29) is 0 Å². The highest BCUT2D eigenvalue weighted by Crippen LogP contribution is 2.23. The number of hydrogen-bond acceptors (Lipinski definition) is 4. The van der Waals surface area contributed by atoms with E-state index in [1.54, 1.807) is 0 Å². The Hall–Kier alpha value is -1.46. The Bertz CT molecular complexity index is 587. The van der Waals surface area contributed by atoms with Crippen LogP contribution in [0, 0.1) is 0 Å². The van der Waals surface area contributed by atoms with Crippen molar-refractivity contribution in [1.29, 1.82) is 0 Å². The summed E-state index contributed by atoms with van der Waals surface area (Å²) in [6.45, 7) is 1.42. The minimum absolute atomic E-state index is 0.442. The SMILES string of the molecule is C1CCC(N=C(NC2CCCCC2)OCCCCOC(=NC2CCCCC2)NC2CCCCC2)CC1. The fraction of sp³-hybridized carbons (Fsp3) is 0.933. The topological polar surface area (TPSA) is 67.2 Å². The highest BCUT2D eigenvalue weighted by molar-refractivity contribution is 5.74. The van der Waals surface area contributed by atoms with E-state index >= 15 is 0 Å². The van der Waals surface area contributed by atoms with Crippen LogP contribution >= 0.6 is 0 Å². The van der Waals surface area contributed by atoms with Crippen LogP contribution in [-0.4, -0.2) is 49.4 Å². The average Bonchev–Trinajstić information content (AvgIpc) is 2.93. The van der Waals surface area contributed by atoms with E-state index in [2.05, 4.69) is 10.6 Å². The number of hydrogen-bond donors (Lipinski definition) is 2. The smallest absolute Gasteiger partial charge is 0.285 e. The van der Waals surface area contributed by atoms with Crippen LogP contribution in [0.4, 0.5) is 0 Å². The zero-order chi connectivity index (χ0) is 24.7. The van der Waals surface area contributed by atoms with E-state index in [0.717, 1.165) is 24.9 Å². The van der Waals surface area contributed by atoms with Gasteiger partial charge in [-0.05, 0) is 64.2 Å². The molecule has 0 radical (unpaired) electrons. The molecule has 4 fully saturated rings. The van der Waals surface area contributed by atoms with Crippen LogP contribution < -0.4 is 10.6 Å². The van der Waals surface area contributed by atoms with Gasteiger partial charge in [-0.15, -0.1) is 0 Å². The third-order valence-electron chi connectivity index (χ3n) is 8.63. The second kappa shape index (κ2) is 16.4. The molecule has 6 heteroatoms. The molecule has 0 aromatic heterocycles. The predicted octanol–water partition coefficient (Wildman–Crippen LogP) is 7.02. The van der Waals surface area contributed by atoms with Crippen LogP contribution in [0.5, 0.6) is 0 Å². The van der Waals surface area contributed by atoms with Gasteiger partial charge in [0.15, 0.2) is 0 Å². The number of ether oxygens (including phenoxy) is 2. The molecule has 36 heavy (non-hydrogen) atoms. The molecule has 4 rings (SSSR count). The largest absolute Gasteiger partial charge is 0.465 e. The summed E-state index contributed by atoms with van der Waals surface area (Å²) in [6, 6.07) is 3.58. The minimum Gasteiger partial charge on any atom is -0.465 e. The number of unbranched alkanes of at least 4 members (excludes halogenated alkanes) is 1. The van der Waals surface area contributed by atoms with E-state index in [4.69, 9.17) is 19.5 Å². The second-order valence-corrected chi connectivity index (χ2v) is 11.8. The van der Waals surface area contributed by atoms with Crippen LogP contribution in [0.1, 0.15) is 141 Å². The number of nitrogens with one attached hydrogen (secondary N) is 2. The van der Waals surface area contributed by atoms with E-state index in [0.29, 0.717) is 37.4 Å². The van der Waals surface area contributed by atoms with Crippen molar-refractivity contribution in [1.82, 2.24) is 10.6 Å². The van der Waals surface area contributed by atoms with Gasteiger partial charge in [0.2, 0.25) is 0 Å². The maximum atomic E-state index is 6.24. The predicted molar refractivity (Wildman–Crippen MR) is 150 cm³/mol. The molecule has 4 aliphatic carbocycles. The zero-order valence-corrected chi connectivity index (χ0v) is 23.0. The molecule has 4 aliphatic rings. The van der Waals surface area contributed by atoms with Gasteiger partial charge in [-0.1, -0.05) is 77.0 Å². The molecule has 0 heterocycles. The first-order chi connectivity index (χ1) is 17.8. The summed E-state index contributed by atoms with van der Waals surface area (Å²) in [4.78, 5) is 10.1. The van der Waals surface area contributed by atoms with Gasteiger partial charge in [0.05, 0.1) is 25.3 Å². The molecule has 0 bridgehead atoms. The third kappa shape index (κ3) is 10.5. The van der Waals surface area contributed by atoms with Crippen molar-refractivity contribution in [2.45, 2.75) is 165 Å². The molecule has 0 spiro atoms. The first-order valence-electron chi connectivity index (χ1n) is 15.8. The van der Waals surface area contributed by atoms with E-state index < -0.39 is 0 Å². The lowest BCUT2D eigenvalue weighted by Crippen LogP contribution is -2.39. The van der Waals surface area contributed by atoms with Gasteiger partial charge in [0.25, 0.3) is 12.0 Å². The summed E-state index contributed by atoms with van der Waals surface area (Å²) >= 11 is 0. The van der Waals surface area contributed by atoms with Crippen molar-refractivity contribution in [3.05, 3.63) is 0 Å². The third-order valence-corrected chi connectivity index (χ3v) is 8.63. The van der Waals surface area contributed by atoms with Crippen LogP contribution in [0.15, 0.2) is 9.98 Å². The summed E-state index contributed by atoms with van der Waals surface area (Å²) in [7, 11) is 0. The van der Waals surface area contributed by atoms with Crippen molar-refractivity contribution in [3.8, 4) is 0 Å². The molecular formula is C30H54N4O2. The van der Waals surface area contributed by atoms with Crippen molar-refractivity contribution in [2.24, 2.45) is 9.98 Å². The molecule has 0 aliphatic heterocycles. The van der Waals surface area contributed by atoms with Crippen molar-refractivity contribution >= 4 is 12.0 Å². The quantitative estimate of drug-likeness (QED) is 0.202. The molecule has 4 saturated carbocycles. The fourth-order valence-electron chi connectivity index (χ4n) is 6.37. The first-order valence-corrected chi connectivity index (χ1v) is 15.8. The number of nitrogens with zero attached hydrogens (tertiary/aromatic N) is 2. The minimum atomic E-state index is 0.442. The maximum absolute atomic E-state index is 6.24. The lowest BCUT2D eigenvalue weighted by molar-refractivity contribution is 0.228. The Kier molecular flexibility index (Phi) is 12.6. The summed E-state index contributed by atoms with van der Waals surface area (Å²) in [6.07, 6.45) is 27.8. The Morgan fingerprint density at radius 2 is 0.806 bits per heavy atom. The standard InChI is InChI=1S/C30H54N4O2/c1-5-15-25(16-6-1)31-29(32-26-17-7-2-8-18-26)35-23-13-14-24-36-30(33-27-19-9-3-10-20-27)34-28-21-11-4-12-22-28/h25-28H,1-24H2,(H,31,32)(H,33,34). The molecule has 0 aromatic carbocycles. The van der Waals surface area contributed by atoms with E-state index in [9.17, 15) is 0 Å². The molecule has 0 amide bonds. The van der Waals surface area contributed by atoms with Crippen molar-refractivity contribution < 1.29 is 9.47 Å². The van der Waals surface area contributed by atoms with Gasteiger partial charge in [-0.2, -0.15) is 0 Å². The first kappa shape index (κ1) is 27.6. The van der Waals surface area contributed by atoms with Gasteiger partial charge in [0, 0.05) is 12.1 Å². The second-order valence-electron chi connectivity index (χ2n) is 11.8. The van der Waals surface area contributed by atoms with Crippen LogP contribution in [-0.2, 0) is 9.47 Å². The molecule has 0 atom stereocenters.